The minimum Gasteiger partial charge on any atom is -0.497 e. The van der Waals surface area contributed by atoms with Crippen LogP contribution in [0, 0.1) is 0 Å². The molecule has 0 aliphatic heterocycles. The minimum atomic E-state index is -0.739. The first-order valence-electron chi connectivity index (χ1n) is 8.00. The topological polar surface area (TPSA) is 44.8 Å². The molecule has 0 saturated heterocycles. The molecule has 2 rings (SSSR count). The molecule has 0 aromatic heterocycles. The summed E-state index contributed by atoms with van der Waals surface area (Å²) in [5.74, 6) is 0.395. The highest BCUT2D eigenvalue weighted by Crippen LogP contribution is 2.31. The van der Waals surface area contributed by atoms with Crippen LogP contribution in [0.1, 0.15) is 25.3 Å². The lowest BCUT2D eigenvalue weighted by atomic mass is 9.89. The average molecular weight is 351 g/mol. The van der Waals surface area contributed by atoms with Gasteiger partial charge in [0.25, 0.3) is 0 Å². The molecular weight excluding hydrogens is 328 g/mol. The number of esters is 1. The van der Waals surface area contributed by atoms with Crippen molar-refractivity contribution in [2.75, 3.05) is 13.7 Å². The molecule has 2 atom stereocenters. The fourth-order valence-electron chi connectivity index (χ4n) is 2.53. The molecule has 4 nitrogen and oxygen atoms in total. The molecule has 0 N–H and O–H groups in total. The molecule has 0 bridgehead atoms. The van der Waals surface area contributed by atoms with Crippen LogP contribution in [-0.2, 0) is 20.9 Å². The van der Waals surface area contributed by atoms with Gasteiger partial charge in [-0.2, -0.15) is 0 Å². The normalized spacial score (nSPS) is 20.6. The third kappa shape index (κ3) is 5.11. The number of benzene rings is 1. The molecule has 130 valence electrons. The summed E-state index contributed by atoms with van der Waals surface area (Å²) in [5, 5.41) is -0.739. The Morgan fingerprint density at radius 1 is 1.29 bits per heavy atom. The SMILES string of the molecule is CCOC(=O)C(Cl)CC1(OCc2ccc(OC)cc2)C=CC=CC1. The van der Waals surface area contributed by atoms with E-state index in [-0.39, 0.29) is 0 Å². The number of ether oxygens (including phenoxy) is 3. The molecule has 0 amide bonds. The van der Waals surface area contributed by atoms with Gasteiger partial charge in [0.15, 0.2) is 0 Å². The van der Waals surface area contributed by atoms with Gasteiger partial charge in [0.1, 0.15) is 11.1 Å². The Morgan fingerprint density at radius 3 is 2.62 bits per heavy atom. The van der Waals surface area contributed by atoms with Crippen LogP contribution in [0.15, 0.2) is 48.6 Å². The van der Waals surface area contributed by atoms with Crippen LogP contribution in [-0.4, -0.2) is 30.7 Å². The zero-order valence-corrected chi connectivity index (χ0v) is 14.8. The molecule has 2 unspecified atom stereocenters. The van der Waals surface area contributed by atoms with Crippen molar-refractivity contribution in [3.8, 4) is 5.75 Å². The van der Waals surface area contributed by atoms with Gasteiger partial charge in [0, 0.05) is 6.42 Å². The van der Waals surface area contributed by atoms with Crippen LogP contribution in [0.25, 0.3) is 0 Å². The van der Waals surface area contributed by atoms with Gasteiger partial charge in [-0.3, -0.25) is 4.79 Å². The maximum absolute atomic E-state index is 11.8. The van der Waals surface area contributed by atoms with E-state index in [4.69, 9.17) is 25.8 Å². The molecule has 0 fully saturated rings. The largest absolute Gasteiger partial charge is 0.497 e. The van der Waals surface area contributed by atoms with Gasteiger partial charge in [0.05, 0.1) is 25.9 Å². The Balaban J connectivity index is 2.03. The second kappa shape index (κ2) is 8.90. The Morgan fingerprint density at radius 2 is 2.04 bits per heavy atom. The monoisotopic (exact) mass is 350 g/mol. The summed E-state index contributed by atoms with van der Waals surface area (Å²) in [6, 6.07) is 7.70. The first-order valence-corrected chi connectivity index (χ1v) is 8.44. The zero-order valence-electron chi connectivity index (χ0n) is 14.0. The summed E-state index contributed by atoms with van der Waals surface area (Å²) in [4.78, 5) is 11.8. The molecule has 1 aliphatic rings. The number of methoxy groups -OCH3 is 1. The Kier molecular flexibility index (Phi) is 6.88. The van der Waals surface area contributed by atoms with E-state index < -0.39 is 16.9 Å². The van der Waals surface area contributed by atoms with Crippen molar-refractivity contribution in [3.05, 3.63) is 54.1 Å². The van der Waals surface area contributed by atoms with Gasteiger partial charge < -0.3 is 14.2 Å². The molecule has 0 saturated carbocycles. The van der Waals surface area contributed by atoms with Crippen molar-refractivity contribution in [1.82, 2.24) is 0 Å². The van der Waals surface area contributed by atoms with Crippen molar-refractivity contribution in [2.24, 2.45) is 0 Å². The number of halogens is 1. The fourth-order valence-corrected chi connectivity index (χ4v) is 2.85. The van der Waals surface area contributed by atoms with Gasteiger partial charge in [-0.25, -0.2) is 0 Å². The Hall–Kier alpha value is -1.78. The third-order valence-corrected chi connectivity index (χ3v) is 4.20. The lowest BCUT2D eigenvalue weighted by molar-refractivity contribution is -0.144. The highest BCUT2D eigenvalue weighted by atomic mass is 35.5. The summed E-state index contributed by atoms with van der Waals surface area (Å²) in [6.45, 7) is 2.51. The number of alkyl halides is 1. The van der Waals surface area contributed by atoms with E-state index in [0.717, 1.165) is 11.3 Å². The Bertz CT molecular complexity index is 594. The predicted molar refractivity (Wildman–Crippen MR) is 94.3 cm³/mol. The van der Waals surface area contributed by atoms with Crippen molar-refractivity contribution >= 4 is 17.6 Å². The second-order valence-corrected chi connectivity index (χ2v) is 6.14. The van der Waals surface area contributed by atoms with E-state index >= 15 is 0 Å². The van der Waals surface area contributed by atoms with E-state index in [1.165, 1.54) is 0 Å². The van der Waals surface area contributed by atoms with Gasteiger partial charge in [-0.1, -0.05) is 36.4 Å². The molecular formula is C19H23ClO4. The van der Waals surface area contributed by atoms with Crippen LogP contribution in [0.3, 0.4) is 0 Å². The minimum absolute atomic E-state index is 0.317. The van der Waals surface area contributed by atoms with Crippen molar-refractivity contribution in [1.29, 1.82) is 0 Å². The summed E-state index contributed by atoms with van der Waals surface area (Å²) in [7, 11) is 1.63. The van der Waals surface area contributed by atoms with Gasteiger partial charge in [-0.05, 0) is 31.0 Å². The molecule has 0 heterocycles. The number of hydrogen-bond donors (Lipinski definition) is 0. The van der Waals surface area contributed by atoms with Crippen LogP contribution in [0.5, 0.6) is 5.75 Å². The Labute approximate surface area is 148 Å². The van der Waals surface area contributed by atoms with Gasteiger partial charge in [0.2, 0.25) is 0 Å². The first-order chi connectivity index (χ1) is 11.6. The quantitative estimate of drug-likeness (QED) is 0.524. The third-order valence-electron chi connectivity index (χ3n) is 3.86. The lowest BCUT2D eigenvalue weighted by Gasteiger charge is -2.33. The molecule has 0 radical (unpaired) electrons. The number of rotatable bonds is 8. The highest BCUT2D eigenvalue weighted by Gasteiger charge is 2.34. The molecule has 0 spiro atoms. The first kappa shape index (κ1) is 18.6. The average Bonchev–Trinajstić information content (AvgIpc) is 2.61. The van der Waals surface area contributed by atoms with Crippen LogP contribution >= 0.6 is 11.6 Å². The number of carbonyl (C=O) groups excluding carboxylic acids is 1. The smallest absolute Gasteiger partial charge is 0.324 e. The van der Waals surface area contributed by atoms with Crippen molar-refractivity contribution in [3.63, 3.8) is 0 Å². The molecule has 1 aliphatic carbocycles. The molecule has 1 aromatic rings. The summed E-state index contributed by atoms with van der Waals surface area (Å²) < 4.78 is 16.3. The maximum Gasteiger partial charge on any atom is 0.324 e. The maximum atomic E-state index is 11.8. The summed E-state index contributed by atoms with van der Waals surface area (Å²) >= 11 is 6.23. The molecule has 5 heteroatoms. The van der Waals surface area contributed by atoms with E-state index in [0.29, 0.717) is 26.1 Å². The van der Waals surface area contributed by atoms with E-state index in [1.54, 1.807) is 14.0 Å². The second-order valence-electron chi connectivity index (χ2n) is 5.62. The standard InChI is InChI=1S/C19H23ClO4/c1-3-23-18(21)17(20)13-19(11-5-4-6-12-19)24-14-15-7-9-16(22-2)10-8-15/h4-11,17H,3,12-14H2,1-2H3. The van der Waals surface area contributed by atoms with Crippen LogP contribution < -0.4 is 4.74 Å². The van der Waals surface area contributed by atoms with Crippen LogP contribution in [0.4, 0.5) is 0 Å². The van der Waals surface area contributed by atoms with E-state index in [1.807, 2.05) is 48.6 Å². The number of allylic oxidation sites excluding steroid dienone is 2. The van der Waals surface area contributed by atoms with Crippen molar-refractivity contribution < 1.29 is 19.0 Å². The number of hydrogen-bond acceptors (Lipinski definition) is 4. The lowest BCUT2D eigenvalue weighted by Crippen LogP contribution is -2.36. The molecule has 1 aromatic carbocycles. The highest BCUT2D eigenvalue weighted by molar-refractivity contribution is 6.29. The van der Waals surface area contributed by atoms with Crippen molar-refractivity contribution in [2.45, 2.75) is 37.4 Å². The summed E-state index contributed by atoms with van der Waals surface area (Å²) in [5.41, 5.74) is 0.425. The molecule has 24 heavy (non-hydrogen) atoms. The number of carbonyl (C=O) groups is 1. The van der Waals surface area contributed by atoms with Gasteiger partial charge >= 0.3 is 5.97 Å². The van der Waals surface area contributed by atoms with E-state index in [9.17, 15) is 4.79 Å². The predicted octanol–water partition coefficient (Wildman–Crippen LogP) is 4.03. The van der Waals surface area contributed by atoms with Crippen LogP contribution in [0.2, 0.25) is 0 Å². The summed E-state index contributed by atoms with van der Waals surface area (Å²) in [6.07, 6.45) is 8.90. The van der Waals surface area contributed by atoms with E-state index in [2.05, 4.69) is 0 Å². The fraction of sp³-hybridized carbons (Fsp3) is 0.421. The van der Waals surface area contributed by atoms with Gasteiger partial charge in [-0.15, -0.1) is 11.6 Å². The zero-order chi connectivity index (χ0) is 17.4.